The summed E-state index contributed by atoms with van der Waals surface area (Å²) < 4.78 is 36.3. The van der Waals surface area contributed by atoms with E-state index in [1.54, 1.807) is 18.2 Å². The monoisotopic (exact) mass is 504 g/mol. The van der Waals surface area contributed by atoms with Crippen LogP contribution in [0.3, 0.4) is 0 Å². The molecule has 2 aliphatic rings. The molecule has 0 amide bonds. The molecule has 2 heterocycles. The number of halogens is 3. The molecule has 4 rings (SSSR count). The predicted molar refractivity (Wildman–Crippen MR) is 112 cm³/mol. The average molecular weight is 505 g/mol. The molecule has 4 N–H and O–H groups in total. The summed E-state index contributed by atoms with van der Waals surface area (Å²) >= 11 is 12.5. The van der Waals surface area contributed by atoms with Crippen molar-refractivity contribution in [2.75, 3.05) is 13.2 Å². The number of aliphatic carboxylic acids is 1. The fraction of sp³-hybridized carbons (Fsp3) is 0.381. The van der Waals surface area contributed by atoms with E-state index in [1.165, 1.54) is 6.07 Å². The zero-order chi connectivity index (χ0) is 23.9. The summed E-state index contributed by atoms with van der Waals surface area (Å²) in [5.74, 6) is -1.84. The Bertz CT molecular complexity index is 1030. The van der Waals surface area contributed by atoms with E-state index in [2.05, 4.69) is 0 Å². The van der Waals surface area contributed by atoms with Gasteiger partial charge >= 0.3 is 5.97 Å². The van der Waals surface area contributed by atoms with E-state index in [-0.39, 0.29) is 40.3 Å². The second-order valence-electron chi connectivity index (χ2n) is 7.50. The Balaban J connectivity index is 1.53. The van der Waals surface area contributed by atoms with Crippen LogP contribution in [0.5, 0.6) is 11.5 Å². The molecule has 0 spiro atoms. The molecule has 178 valence electrons. The van der Waals surface area contributed by atoms with Crippen molar-refractivity contribution in [3.63, 3.8) is 0 Å². The fourth-order valence-electron chi connectivity index (χ4n) is 3.60. The second kappa shape index (κ2) is 9.59. The van der Waals surface area contributed by atoms with Crippen LogP contribution in [0.15, 0.2) is 30.3 Å². The zero-order valence-electron chi connectivity index (χ0n) is 16.7. The van der Waals surface area contributed by atoms with Crippen molar-refractivity contribution in [2.45, 2.75) is 36.8 Å². The molecule has 0 aromatic heterocycles. The van der Waals surface area contributed by atoms with E-state index in [9.17, 15) is 24.5 Å². The van der Waals surface area contributed by atoms with Gasteiger partial charge in [0, 0.05) is 17.2 Å². The third-order valence-corrected chi connectivity index (χ3v) is 5.85. The van der Waals surface area contributed by atoms with Gasteiger partial charge in [-0.3, -0.25) is 0 Å². The number of benzene rings is 2. The first-order chi connectivity index (χ1) is 15.7. The van der Waals surface area contributed by atoms with Gasteiger partial charge in [0.05, 0.1) is 16.7 Å². The summed E-state index contributed by atoms with van der Waals surface area (Å²) in [6.07, 6.45) is -9.48. The van der Waals surface area contributed by atoms with Crippen LogP contribution in [0.4, 0.5) is 4.39 Å². The van der Waals surface area contributed by atoms with E-state index >= 15 is 0 Å². The number of carbonyl (C=O) groups is 1. The number of rotatable bonds is 5. The molecule has 0 radical (unpaired) electrons. The maximum atomic E-state index is 14.2. The van der Waals surface area contributed by atoms with Crippen LogP contribution in [0.2, 0.25) is 10.0 Å². The van der Waals surface area contributed by atoms with Gasteiger partial charge in [-0.15, -0.1) is 0 Å². The molecule has 2 aromatic rings. The van der Waals surface area contributed by atoms with Crippen molar-refractivity contribution in [1.82, 2.24) is 0 Å². The Morgan fingerprint density at radius 3 is 2.48 bits per heavy atom. The van der Waals surface area contributed by atoms with Gasteiger partial charge < -0.3 is 39.4 Å². The van der Waals surface area contributed by atoms with Crippen LogP contribution < -0.4 is 9.47 Å². The number of hydrogen-bond donors (Lipinski definition) is 4. The third kappa shape index (κ3) is 4.73. The second-order valence-corrected chi connectivity index (χ2v) is 8.31. The first kappa shape index (κ1) is 24.0. The van der Waals surface area contributed by atoms with Crippen LogP contribution in [0, 0.1) is 5.82 Å². The van der Waals surface area contributed by atoms with Crippen molar-refractivity contribution < 1.29 is 48.6 Å². The highest BCUT2D eigenvalue weighted by Gasteiger charge is 2.47. The Morgan fingerprint density at radius 1 is 1.12 bits per heavy atom. The molecule has 1 saturated heterocycles. The fourth-order valence-corrected chi connectivity index (χ4v) is 4.20. The van der Waals surface area contributed by atoms with E-state index in [4.69, 9.17) is 47.3 Å². The maximum Gasteiger partial charge on any atom is 0.335 e. The van der Waals surface area contributed by atoms with Crippen LogP contribution in [0.1, 0.15) is 0 Å². The molecular weight excluding hydrogens is 486 g/mol. The molecule has 0 aliphatic carbocycles. The van der Waals surface area contributed by atoms with E-state index in [0.29, 0.717) is 5.56 Å². The van der Waals surface area contributed by atoms with Crippen molar-refractivity contribution >= 4 is 29.2 Å². The molecule has 2 aliphatic heterocycles. The van der Waals surface area contributed by atoms with Gasteiger partial charge in [0.15, 0.2) is 30.0 Å². The summed E-state index contributed by atoms with van der Waals surface area (Å²) in [5.41, 5.74) is 0.595. The first-order valence-electron chi connectivity index (χ1n) is 9.78. The highest BCUT2D eigenvalue weighted by molar-refractivity contribution is 6.39. The van der Waals surface area contributed by atoms with Crippen LogP contribution in [0.25, 0.3) is 11.1 Å². The zero-order valence-corrected chi connectivity index (χ0v) is 18.2. The SMILES string of the molecule is O=C(O)C1OC(OC[C@H]2COc3cc(F)cc(-c4c(Cl)cccc4Cl)c3O2)C(O)C(O)C1O. The van der Waals surface area contributed by atoms with Gasteiger partial charge in [-0.25, -0.2) is 9.18 Å². The minimum Gasteiger partial charge on any atom is -0.486 e. The number of carboxylic acid groups (broad SMARTS) is 1. The van der Waals surface area contributed by atoms with E-state index < -0.39 is 48.6 Å². The van der Waals surface area contributed by atoms with Crippen LogP contribution >= 0.6 is 23.2 Å². The molecule has 12 heteroatoms. The maximum absolute atomic E-state index is 14.2. The smallest absolute Gasteiger partial charge is 0.335 e. The largest absolute Gasteiger partial charge is 0.486 e. The molecule has 6 atom stereocenters. The Morgan fingerprint density at radius 2 is 1.82 bits per heavy atom. The Labute approximate surface area is 196 Å². The minimum absolute atomic E-state index is 0.0670. The summed E-state index contributed by atoms with van der Waals surface area (Å²) in [6.45, 7) is -0.327. The van der Waals surface area contributed by atoms with Crippen LogP contribution in [-0.4, -0.2) is 76.4 Å². The quantitative estimate of drug-likeness (QED) is 0.480. The number of carboxylic acids is 1. The number of fused-ring (bicyclic) bond motifs is 1. The van der Waals surface area contributed by atoms with Gasteiger partial charge in [0.1, 0.15) is 30.7 Å². The Hall–Kier alpha value is -2.18. The topological polar surface area (TPSA) is 135 Å². The number of aliphatic hydroxyl groups is 3. The summed E-state index contributed by atoms with van der Waals surface area (Å²) in [7, 11) is 0. The number of hydrogen-bond acceptors (Lipinski definition) is 8. The lowest BCUT2D eigenvalue weighted by Crippen LogP contribution is -2.60. The van der Waals surface area contributed by atoms with E-state index in [1.807, 2.05) is 0 Å². The predicted octanol–water partition coefficient (Wildman–Crippen LogP) is 1.85. The number of aliphatic hydroxyl groups excluding tert-OH is 3. The highest BCUT2D eigenvalue weighted by Crippen LogP contribution is 2.46. The van der Waals surface area contributed by atoms with Crippen LogP contribution in [-0.2, 0) is 14.3 Å². The van der Waals surface area contributed by atoms with E-state index in [0.717, 1.165) is 6.07 Å². The van der Waals surface area contributed by atoms with Gasteiger partial charge in [-0.2, -0.15) is 0 Å². The van der Waals surface area contributed by atoms with Gasteiger partial charge in [-0.1, -0.05) is 29.3 Å². The van der Waals surface area contributed by atoms with Crippen molar-refractivity contribution in [1.29, 1.82) is 0 Å². The standard InChI is InChI=1S/C21H19Cl2FO9/c22-11-2-1-3-12(23)14(11)10-4-8(24)5-13-18(10)32-9(6-30-13)7-31-21-17(27)15(25)16(26)19(33-21)20(28)29/h1-5,9,15-17,19,21,25-27H,6-7H2,(H,28,29)/t9-,15?,16?,17?,19?,21?/m1/s1. The summed E-state index contributed by atoms with van der Waals surface area (Å²) in [6, 6.07) is 7.15. The summed E-state index contributed by atoms with van der Waals surface area (Å²) in [4.78, 5) is 11.2. The normalized spacial score (nSPS) is 29.0. The average Bonchev–Trinajstić information content (AvgIpc) is 2.76. The molecular formula is C21H19Cl2FO9. The van der Waals surface area contributed by atoms with Crippen molar-refractivity contribution in [3.8, 4) is 22.6 Å². The molecule has 0 saturated carbocycles. The lowest BCUT2D eigenvalue weighted by molar-refractivity contribution is -0.297. The molecule has 1 fully saturated rings. The lowest BCUT2D eigenvalue weighted by Gasteiger charge is -2.39. The number of ether oxygens (including phenoxy) is 4. The molecule has 0 bridgehead atoms. The van der Waals surface area contributed by atoms with Gasteiger partial charge in [-0.05, 0) is 18.2 Å². The minimum atomic E-state index is -1.84. The van der Waals surface area contributed by atoms with Crippen molar-refractivity contribution in [3.05, 3.63) is 46.2 Å². The summed E-state index contributed by atoms with van der Waals surface area (Å²) in [5, 5.41) is 39.4. The highest BCUT2D eigenvalue weighted by atomic mass is 35.5. The molecule has 5 unspecified atom stereocenters. The van der Waals surface area contributed by atoms with Gasteiger partial charge in [0.25, 0.3) is 0 Å². The van der Waals surface area contributed by atoms with Gasteiger partial charge in [0.2, 0.25) is 0 Å². The molecule has 33 heavy (non-hydrogen) atoms. The Kier molecular flexibility index (Phi) is 6.96. The molecule has 2 aromatic carbocycles. The third-order valence-electron chi connectivity index (χ3n) is 5.22. The van der Waals surface area contributed by atoms with Crippen molar-refractivity contribution in [2.24, 2.45) is 0 Å². The lowest BCUT2D eigenvalue weighted by atomic mass is 9.99. The molecule has 9 nitrogen and oxygen atoms in total. The first-order valence-corrected chi connectivity index (χ1v) is 10.5.